The zero-order valence-electron chi connectivity index (χ0n) is 23.6. The molecule has 11 nitrogen and oxygen atoms in total. The van der Waals surface area contributed by atoms with Crippen molar-refractivity contribution in [1.82, 2.24) is 20.0 Å². The van der Waals surface area contributed by atoms with E-state index in [1.54, 1.807) is 17.0 Å². The van der Waals surface area contributed by atoms with Crippen LogP contribution in [0.2, 0.25) is 0 Å². The number of carbonyl (C=O) groups excluding carboxylic acids is 4. The topological polar surface area (TPSA) is 138 Å². The van der Waals surface area contributed by atoms with Gasteiger partial charge in [-0.3, -0.25) is 29.6 Å². The van der Waals surface area contributed by atoms with Crippen LogP contribution in [0.3, 0.4) is 0 Å². The van der Waals surface area contributed by atoms with Gasteiger partial charge in [0.2, 0.25) is 11.8 Å². The molecular weight excluding hydrogens is 524 g/mol. The summed E-state index contributed by atoms with van der Waals surface area (Å²) in [6.45, 7) is 0.633. The van der Waals surface area contributed by atoms with Gasteiger partial charge in [-0.15, -0.1) is 0 Å². The summed E-state index contributed by atoms with van der Waals surface area (Å²) < 4.78 is 5.54. The molecule has 0 saturated carbocycles. The molecule has 2 aliphatic heterocycles. The van der Waals surface area contributed by atoms with Gasteiger partial charge < -0.3 is 15.4 Å². The van der Waals surface area contributed by atoms with Gasteiger partial charge in [-0.25, -0.2) is 9.69 Å². The molecule has 2 aromatic carbocycles. The molecule has 1 saturated heterocycles. The second kappa shape index (κ2) is 13.9. The van der Waals surface area contributed by atoms with E-state index >= 15 is 0 Å². The van der Waals surface area contributed by atoms with Crippen LogP contribution in [0, 0.1) is 0 Å². The number of rotatable bonds is 8. The minimum absolute atomic E-state index is 0.0721. The highest BCUT2D eigenvalue weighted by Crippen LogP contribution is 2.25. The molecule has 1 fully saturated rings. The van der Waals surface area contributed by atoms with Gasteiger partial charge in [-0.05, 0) is 57.3 Å². The number of hydrogen-bond acceptors (Lipinski definition) is 8. The number of ether oxygens (including phenoxy) is 1. The van der Waals surface area contributed by atoms with Crippen molar-refractivity contribution in [2.45, 2.75) is 56.8 Å². The van der Waals surface area contributed by atoms with Gasteiger partial charge in [0.1, 0.15) is 18.7 Å². The summed E-state index contributed by atoms with van der Waals surface area (Å²) in [4.78, 5) is 63.1. The van der Waals surface area contributed by atoms with Crippen molar-refractivity contribution in [3.8, 4) is 0 Å². The molecule has 0 aromatic heterocycles. The minimum atomic E-state index is -1.16. The average Bonchev–Trinajstić information content (AvgIpc) is 3.46. The third kappa shape index (κ3) is 7.49. The SMILES string of the molecule is CN(C)[C@H](Cc1ccccc1)C(=O)N1CCC[C@H]1C(=O)N(C(=O)OCc1ccccc1)[C@H]1CCCN=C(N)NC1=O. The fourth-order valence-electron chi connectivity index (χ4n) is 5.24. The van der Waals surface area contributed by atoms with E-state index in [1.165, 1.54) is 0 Å². The number of carbonyl (C=O) groups is 4. The Kier molecular flexibility index (Phi) is 10.1. The molecule has 2 aliphatic rings. The lowest BCUT2D eigenvalue weighted by Gasteiger charge is -2.35. The van der Waals surface area contributed by atoms with Crippen LogP contribution in [-0.4, -0.2) is 89.8 Å². The summed E-state index contributed by atoms with van der Waals surface area (Å²) in [5.41, 5.74) is 7.53. The Morgan fingerprint density at radius 1 is 1.02 bits per heavy atom. The predicted octanol–water partition coefficient (Wildman–Crippen LogP) is 1.91. The lowest BCUT2D eigenvalue weighted by Crippen LogP contribution is -2.60. The summed E-state index contributed by atoms with van der Waals surface area (Å²) in [5.74, 6) is -1.53. The van der Waals surface area contributed by atoms with E-state index in [2.05, 4.69) is 10.3 Å². The molecule has 218 valence electrons. The van der Waals surface area contributed by atoms with Crippen molar-refractivity contribution in [3.05, 3.63) is 71.8 Å². The summed E-state index contributed by atoms with van der Waals surface area (Å²) in [5, 5.41) is 2.48. The maximum atomic E-state index is 14.2. The number of aliphatic imine (C=N–C) groups is 1. The van der Waals surface area contributed by atoms with Crippen LogP contribution in [0.4, 0.5) is 4.79 Å². The zero-order chi connectivity index (χ0) is 29.4. The van der Waals surface area contributed by atoms with Crippen LogP contribution in [0.25, 0.3) is 0 Å². The number of benzene rings is 2. The summed E-state index contributed by atoms with van der Waals surface area (Å²) in [7, 11) is 3.66. The molecule has 0 aliphatic carbocycles. The number of imide groups is 1. The monoisotopic (exact) mass is 562 g/mol. The van der Waals surface area contributed by atoms with E-state index in [0.29, 0.717) is 38.8 Å². The van der Waals surface area contributed by atoms with Crippen LogP contribution in [0.5, 0.6) is 0 Å². The van der Waals surface area contributed by atoms with Crippen LogP contribution < -0.4 is 11.1 Å². The molecule has 3 N–H and O–H groups in total. The molecule has 0 spiro atoms. The first-order chi connectivity index (χ1) is 19.8. The molecule has 11 heteroatoms. The van der Waals surface area contributed by atoms with Crippen molar-refractivity contribution in [3.63, 3.8) is 0 Å². The van der Waals surface area contributed by atoms with Gasteiger partial charge in [-0.2, -0.15) is 0 Å². The first kappa shape index (κ1) is 29.7. The summed E-state index contributed by atoms with van der Waals surface area (Å²) >= 11 is 0. The molecule has 2 heterocycles. The van der Waals surface area contributed by atoms with Crippen LogP contribution >= 0.6 is 0 Å². The molecule has 0 radical (unpaired) electrons. The van der Waals surface area contributed by atoms with E-state index in [0.717, 1.165) is 16.0 Å². The van der Waals surface area contributed by atoms with Crippen molar-refractivity contribution < 1.29 is 23.9 Å². The number of nitrogens with zero attached hydrogens (tertiary/aromatic N) is 4. The van der Waals surface area contributed by atoms with Gasteiger partial charge in [0.15, 0.2) is 5.96 Å². The Morgan fingerprint density at radius 2 is 1.68 bits per heavy atom. The maximum absolute atomic E-state index is 14.2. The van der Waals surface area contributed by atoms with E-state index < -0.39 is 36.0 Å². The number of likely N-dealkylation sites (N-methyl/N-ethyl adjacent to an activating group) is 1. The fourth-order valence-corrected chi connectivity index (χ4v) is 5.24. The van der Waals surface area contributed by atoms with Crippen LogP contribution in [0.1, 0.15) is 36.8 Å². The quantitative estimate of drug-likeness (QED) is 0.501. The number of nitrogens with one attached hydrogen (secondary N) is 1. The molecular formula is C30H38N6O5. The summed E-state index contributed by atoms with van der Waals surface area (Å²) in [6, 6.07) is 16.2. The molecule has 2 aromatic rings. The first-order valence-corrected chi connectivity index (χ1v) is 13.9. The highest BCUT2D eigenvalue weighted by atomic mass is 16.6. The van der Waals surface area contributed by atoms with E-state index in [1.807, 2.05) is 67.5 Å². The lowest BCUT2D eigenvalue weighted by molar-refractivity contribution is -0.148. The number of guanidine groups is 1. The Bertz CT molecular complexity index is 1250. The van der Waals surface area contributed by atoms with Crippen molar-refractivity contribution >= 4 is 29.8 Å². The Balaban J connectivity index is 1.59. The molecule has 0 bridgehead atoms. The van der Waals surface area contributed by atoms with Crippen molar-refractivity contribution in [2.75, 3.05) is 27.2 Å². The maximum Gasteiger partial charge on any atom is 0.417 e. The van der Waals surface area contributed by atoms with E-state index in [4.69, 9.17) is 10.5 Å². The van der Waals surface area contributed by atoms with E-state index in [-0.39, 0.29) is 24.9 Å². The van der Waals surface area contributed by atoms with Crippen molar-refractivity contribution in [2.24, 2.45) is 10.7 Å². The van der Waals surface area contributed by atoms with Gasteiger partial charge in [-0.1, -0.05) is 60.7 Å². The third-order valence-corrected chi connectivity index (χ3v) is 7.42. The molecule has 3 atom stereocenters. The Hall–Kier alpha value is -4.25. The third-order valence-electron chi connectivity index (χ3n) is 7.42. The number of nitrogens with two attached hydrogens (primary N) is 1. The molecule has 4 rings (SSSR count). The molecule has 4 amide bonds. The largest absolute Gasteiger partial charge is 0.444 e. The second-order valence-electron chi connectivity index (χ2n) is 10.5. The molecule has 41 heavy (non-hydrogen) atoms. The number of hydrogen-bond donors (Lipinski definition) is 2. The lowest BCUT2D eigenvalue weighted by atomic mass is 10.0. The zero-order valence-corrected chi connectivity index (χ0v) is 23.6. The van der Waals surface area contributed by atoms with Gasteiger partial charge in [0.05, 0.1) is 6.04 Å². The van der Waals surface area contributed by atoms with Gasteiger partial charge >= 0.3 is 6.09 Å². The standard InChI is InChI=1S/C30H38N6O5/c1-34(2)25(19-21-11-5-3-6-12-21)27(38)35-18-10-16-24(35)28(39)36(23-15-9-17-32-29(31)33-26(23)37)30(40)41-20-22-13-7-4-8-14-22/h3-8,11-14,23-25H,9-10,15-20H2,1-2H3,(H3,31,32,33,37)/t23-,24-,25+/m0/s1. The Morgan fingerprint density at radius 3 is 2.34 bits per heavy atom. The van der Waals surface area contributed by atoms with Gasteiger partial charge in [0.25, 0.3) is 5.91 Å². The average molecular weight is 563 g/mol. The Labute approximate surface area is 240 Å². The van der Waals surface area contributed by atoms with E-state index in [9.17, 15) is 19.2 Å². The second-order valence-corrected chi connectivity index (χ2v) is 10.5. The predicted molar refractivity (Wildman–Crippen MR) is 153 cm³/mol. The highest BCUT2D eigenvalue weighted by molar-refractivity contribution is 6.05. The number of amides is 4. The smallest absolute Gasteiger partial charge is 0.417 e. The number of likely N-dealkylation sites (tertiary alicyclic amines) is 1. The minimum Gasteiger partial charge on any atom is -0.444 e. The van der Waals surface area contributed by atoms with Crippen LogP contribution in [0.15, 0.2) is 65.7 Å². The fraction of sp³-hybridized carbons (Fsp3) is 0.433. The molecule has 0 unspecified atom stereocenters. The van der Waals surface area contributed by atoms with Gasteiger partial charge in [0, 0.05) is 13.1 Å². The first-order valence-electron chi connectivity index (χ1n) is 13.9. The normalized spacial score (nSPS) is 19.9. The van der Waals surface area contributed by atoms with Crippen molar-refractivity contribution in [1.29, 1.82) is 0 Å². The van der Waals surface area contributed by atoms with Crippen LogP contribution in [-0.2, 0) is 32.1 Å². The summed E-state index contributed by atoms with van der Waals surface area (Å²) in [6.07, 6.45) is 1.11. The highest BCUT2D eigenvalue weighted by Gasteiger charge is 2.45.